The molecule has 0 N–H and O–H groups in total. The molecule has 2 rings (SSSR count). The van der Waals surface area contributed by atoms with Crippen molar-refractivity contribution in [3.05, 3.63) is 12.2 Å². The van der Waals surface area contributed by atoms with Crippen molar-refractivity contribution >= 4 is 0 Å². The summed E-state index contributed by atoms with van der Waals surface area (Å²) in [5.41, 5.74) is 0. The summed E-state index contributed by atoms with van der Waals surface area (Å²) in [5, 5.41) is 7.93. The molecule has 0 amide bonds. The van der Waals surface area contributed by atoms with Crippen molar-refractivity contribution in [2.24, 2.45) is 0 Å². The summed E-state index contributed by atoms with van der Waals surface area (Å²) >= 11 is 0. The Kier molecular flexibility index (Phi) is 6.42. The Morgan fingerprint density at radius 2 is 1.75 bits per heavy atom. The molecule has 1 aromatic heterocycles. The minimum atomic E-state index is 0.869. The Bertz CT molecular complexity index is 373. The summed E-state index contributed by atoms with van der Waals surface area (Å²) in [5.74, 6) is 0.997. The van der Waals surface area contributed by atoms with Gasteiger partial charge < -0.3 is 9.30 Å². The summed E-state index contributed by atoms with van der Waals surface area (Å²) in [6.45, 7) is 13.6. The normalized spacial score (nSPS) is 17.7. The Hall–Kier alpha value is -0.980. The average Bonchev–Trinajstić information content (AvgIpc) is 2.88. The van der Waals surface area contributed by atoms with Gasteiger partial charge in [0.25, 0.3) is 0 Å². The van der Waals surface area contributed by atoms with Crippen LogP contribution in [0.2, 0.25) is 0 Å². The topological polar surface area (TPSA) is 46.4 Å². The van der Waals surface area contributed by atoms with Crippen molar-refractivity contribution < 1.29 is 4.74 Å². The van der Waals surface area contributed by atoms with E-state index in [4.69, 9.17) is 4.74 Å². The molecule has 1 saturated heterocycles. The summed E-state index contributed by atoms with van der Waals surface area (Å²) in [7, 11) is 0. The van der Waals surface area contributed by atoms with E-state index >= 15 is 0 Å². The van der Waals surface area contributed by atoms with Crippen LogP contribution in [0.25, 0.3) is 0 Å². The molecular weight excluding hydrogens is 254 g/mol. The van der Waals surface area contributed by atoms with E-state index in [9.17, 15) is 0 Å². The molecule has 0 atom stereocenters. The van der Waals surface area contributed by atoms with E-state index in [2.05, 4.69) is 31.5 Å². The smallest absolute Gasteiger partial charge is 0.129 e. The van der Waals surface area contributed by atoms with Crippen molar-refractivity contribution in [1.82, 2.24) is 24.6 Å². The molecule has 0 aliphatic carbocycles. The van der Waals surface area contributed by atoms with E-state index in [1.165, 1.54) is 0 Å². The first-order valence-electron chi connectivity index (χ1n) is 7.66. The van der Waals surface area contributed by atoms with Gasteiger partial charge in [0.1, 0.15) is 12.2 Å². The van der Waals surface area contributed by atoms with Gasteiger partial charge in [0, 0.05) is 52.4 Å². The molecule has 1 fully saturated rings. The van der Waals surface area contributed by atoms with Crippen molar-refractivity contribution in [3.63, 3.8) is 0 Å². The molecule has 0 unspecified atom stereocenters. The van der Waals surface area contributed by atoms with E-state index < -0.39 is 0 Å². The van der Waals surface area contributed by atoms with Crippen molar-refractivity contribution in [3.8, 4) is 0 Å². The fraction of sp³-hybridized carbons (Fsp3) is 0.857. The monoisotopic (exact) mass is 281 g/mol. The lowest BCUT2D eigenvalue weighted by molar-refractivity contribution is 0.0748. The predicted octanol–water partition coefficient (Wildman–Crippen LogP) is 0.631. The molecule has 1 aliphatic rings. The van der Waals surface area contributed by atoms with Gasteiger partial charge in [-0.2, -0.15) is 0 Å². The van der Waals surface area contributed by atoms with E-state index in [0.717, 1.165) is 71.3 Å². The molecule has 1 aromatic rings. The first-order valence-corrected chi connectivity index (χ1v) is 7.66. The number of hydrogen-bond donors (Lipinski definition) is 0. The minimum Gasteiger partial charge on any atom is -0.380 e. The first-order chi connectivity index (χ1) is 9.79. The van der Waals surface area contributed by atoms with E-state index in [1.807, 2.05) is 13.3 Å². The third-order valence-electron chi connectivity index (χ3n) is 3.83. The third kappa shape index (κ3) is 4.85. The molecule has 20 heavy (non-hydrogen) atoms. The fourth-order valence-electron chi connectivity index (χ4n) is 2.46. The molecule has 0 bridgehead atoms. The number of ether oxygens (including phenoxy) is 1. The molecule has 6 nitrogen and oxygen atoms in total. The van der Waals surface area contributed by atoms with Gasteiger partial charge >= 0.3 is 0 Å². The number of aromatic nitrogens is 3. The molecule has 0 spiro atoms. The molecule has 2 heterocycles. The van der Waals surface area contributed by atoms with Crippen LogP contribution in [0.15, 0.2) is 6.33 Å². The highest BCUT2D eigenvalue weighted by Gasteiger charge is 2.16. The second-order valence-corrected chi connectivity index (χ2v) is 5.37. The molecule has 0 saturated carbocycles. The van der Waals surface area contributed by atoms with Crippen LogP contribution >= 0.6 is 0 Å². The molecule has 1 aliphatic heterocycles. The number of piperazine rings is 1. The maximum atomic E-state index is 5.55. The van der Waals surface area contributed by atoms with Crippen LogP contribution in [0, 0.1) is 6.92 Å². The fourth-order valence-corrected chi connectivity index (χ4v) is 2.46. The lowest BCUT2D eigenvalue weighted by atomic mass is 10.3. The van der Waals surface area contributed by atoms with Gasteiger partial charge in [-0.05, 0) is 13.3 Å². The quantitative estimate of drug-likeness (QED) is 0.654. The van der Waals surface area contributed by atoms with Crippen molar-refractivity contribution in [2.45, 2.75) is 26.8 Å². The molecule has 0 aromatic carbocycles. The zero-order chi connectivity index (χ0) is 14.2. The van der Waals surface area contributed by atoms with E-state index in [-0.39, 0.29) is 0 Å². The Morgan fingerprint density at radius 3 is 2.35 bits per heavy atom. The number of hydrogen-bond acceptors (Lipinski definition) is 5. The van der Waals surface area contributed by atoms with Crippen LogP contribution in [0.4, 0.5) is 0 Å². The predicted molar refractivity (Wildman–Crippen MR) is 78.7 cm³/mol. The van der Waals surface area contributed by atoms with Crippen LogP contribution < -0.4 is 0 Å². The summed E-state index contributed by atoms with van der Waals surface area (Å²) in [6, 6.07) is 0. The van der Waals surface area contributed by atoms with E-state index in [1.54, 1.807) is 0 Å². The highest BCUT2D eigenvalue weighted by Crippen LogP contribution is 2.02. The number of rotatable bonds is 8. The van der Waals surface area contributed by atoms with Gasteiger partial charge in [-0.15, -0.1) is 10.2 Å². The van der Waals surface area contributed by atoms with Crippen LogP contribution in [0.3, 0.4) is 0 Å². The van der Waals surface area contributed by atoms with Crippen LogP contribution in [-0.2, 0) is 11.3 Å². The Morgan fingerprint density at radius 1 is 1.05 bits per heavy atom. The second-order valence-electron chi connectivity index (χ2n) is 5.37. The highest BCUT2D eigenvalue weighted by atomic mass is 16.5. The van der Waals surface area contributed by atoms with Crippen molar-refractivity contribution in [2.75, 3.05) is 52.5 Å². The zero-order valence-corrected chi connectivity index (χ0v) is 12.8. The van der Waals surface area contributed by atoms with Crippen LogP contribution in [0.1, 0.15) is 19.2 Å². The summed E-state index contributed by atoms with van der Waals surface area (Å²) in [6.07, 6.45) is 2.92. The highest BCUT2D eigenvalue weighted by molar-refractivity contribution is 4.81. The molecule has 6 heteroatoms. The number of aryl methyl sites for hydroxylation is 1. The van der Waals surface area contributed by atoms with E-state index in [0.29, 0.717) is 0 Å². The third-order valence-corrected chi connectivity index (χ3v) is 3.83. The minimum absolute atomic E-state index is 0.869. The summed E-state index contributed by atoms with van der Waals surface area (Å²) in [4.78, 5) is 5.01. The SMILES string of the molecule is CCCOCCN1CCN(CCn2cnnc2C)CC1. The van der Waals surface area contributed by atoms with Gasteiger partial charge in [0.2, 0.25) is 0 Å². The van der Waals surface area contributed by atoms with Gasteiger partial charge in [0.05, 0.1) is 6.61 Å². The van der Waals surface area contributed by atoms with Crippen LogP contribution in [0.5, 0.6) is 0 Å². The largest absolute Gasteiger partial charge is 0.380 e. The zero-order valence-electron chi connectivity index (χ0n) is 12.8. The Balaban J connectivity index is 1.58. The molecule has 0 radical (unpaired) electrons. The van der Waals surface area contributed by atoms with Crippen LogP contribution in [-0.4, -0.2) is 77.0 Å². The van der Waals surface area contributed by atoms with Crippen molar-refractivity contribution in [1.29, 1.82) is 0 Å². The van der Waals surface area contributed by atoms with Gasteiger partial charge in [0.15, 0.2) is 0 Å². The number of nitrogens with zero attached hydrogens (tertiary/aromatic N) is 5. The Labute approximate surface area is 121 Å². The summed E-state index contributed by atoms with van der Waals surface area (Å²) < 4.78 is 7.67. The first kappa shape index (κ1) is 15.4. The maximum absolute atomic E-state index is 5.55. The average molecular weight is 281 g/mol. The maximum Gasteiger partial charge on any atom is 0.129 e. The second kappa shape index (κ2) is 8.34. The van der Waals surface area contributed by atoms with Gasteiger partial charge in [-0.1, -0.05) is 6.92 Å². The van der Waals surface area contributed by atoms with Gasteiger partial charge in [-0.3, -0.25) is 9.80 Å². The standard InChI is InChI=1S/C14H27N5O/c1-3-11-20-12-10-18-6-4-17(5-7-18)8-9-19-13-15-16-14(19)2/h13H,3-12H2,1-2H3. The lowest BCUT2D eigenvalue weighted by Crippen LogP contribution is -2.48. The molecular formula is C14H27N5O. The molecule has 114 valence electrons. The van der Waals surface area contributed by atoms with Gasteiger partial charge in [-0.25, -0.2) is 0 Å². The lowest BCUT2D eigenvalue weighted by Gasteiger charge is -2.34.